The molecule has 4 aromatic rings. The molecular weight excluding hydrogens is 487 g/mol. The fraction of sp³-hybridized carbons (Fsp3) is 0.241. The molecule has 1 heterocycles. The lowest BCUT2D eigenvalue weighted by Gasteiger charge is -2.37. The second kappa shape index (κ2) is 10.0. The second-order valence-corrected chi connectivity index (χ2v) is 9.19. The molecule has 0 saturated carbocycles. The van der Waals surface area contributed by atoms with E-state index in [4.69, 9.17) is 4.74 Å². The van der Waals surface area contributed by atoms with Crippen molar-refractivity contribution in [2.45, 2.75) is 31.7 Å². The van der Waals surface area contributed by atoms with Crippen LogP contribution in [-0.4, -0.2) is 19.2 Å². The van der Waals surface area contributed by atoms with E-state index in [1.54, 1.807) is 4.90 Å². The first-order chi connectivity index (χ1) is 17.7. The largest absolute Gasteiger partial charge is 0.486 e. The number of hydrogen-bond acceptors (Lipinski definition) is 3. The number of hydrogen-bond donors (Lipinski definition) is 1. The van der Waals surface area contributed by atoms with Crippen molar-refractivity contribution < 1.29 is 26.7 Å². The Morgan fingerprint density at radius 2 is 1.73 bits per heavy atom. The molecule has 5 rings (SSSR count). The van der Waals surface area contributed by atoms with Crippen molar-refractivity contribution in [1.82, 2.24) is 5.32 Å². The van der Waals surface area contributed by atoms with E-state index in [9.17, 15) is 22.0 Å². The Morgan fingerprint density at radius 3 is 2.54 bits per heavy atom. The summed E-state index contributed by atoms with van der Waals surface area (Å²) >= 11 is 0. The Kier molecular flexibility index (Phi) is 6.77. The molecule has 0 aliphatic carbocycles. The van der Waals surface area contributed by atoms with Gasteiger partial charge in [-0.2, -0.15) is 13.2 Å². The predicted octanol–water partition coefficient (Wildman–Crippen LogP) is 7.78. The van der Waals surface area contributed by atoms with Crippen molar-refractivity contribution in [3.63, 3.8) is 0 Å². The van der Waals surface area contributed by atoms with E-state index in [2.05, 4.69) is 36.5 Å². The van der Waals surface area contributed by atoms with Gasteiger partial charge in [0, 0.05) is 17.8 Å². The van der Waals surface area contributed by atoms with Gasteiger partial charge in [0.25, 0.3) is 0 Å². The average Bonchev–Trinajstić information content (AvgIpc) is 2.86. The van der Waals surface area contributed by atoms with E-state index in [1.807, 2.05) is 18.2 Å². The highest BCUT2D eigenvalue weighted by Gasteiger charge is 2.33. The summed E-state index contributed by atoms with van der Waals surface area (Å²) in [6.45, 7) is 2.79. The maximum Gasteiger partial charge on any atom is 0.416 e. The van der Waals surface area contributed by atoms with Crippen LogP contribution in [0.15, 0.2) is 78.9 Å². The van der Waals surface area contributed by atoms with E-state index in [-0.39, 0.29) is 24.0 Å². The summed E-state index contributed by atoms with van der Waals surface area (Å²) in [5.41, 5.74) is 0.481. The predicted molar refractivity (Wildman–Crippen MR) is 134 cm³/mol. The molecule has 1 aliphatic rings. The lowest BCUT2D eigenvalue weighted by Crippen LogP contribution is -2.39. The maximum atomic E-state index is 14.2. The molecule has 0 radical (unpaired) electrons. The third kappa shape index (κ3) is 5.39. The first-order valence-electron chi connectivity index (χ1n) is 12.0. The Hall–Kier alpha value is -3.65. The third-order valence-corrected chi connectivity index (χ3v) is 6.62. The van der Waals surface area contributed by atoms with E-state index < -0.39 is 29.5 Å². The first kappa shape index (κ1) is 25.0. The zero-order valence-corrected chi connectivity index (χ0v) is 20.0. The van der Waals surface area contributed by atoms with E-state index >= 15 is 0 Å². The van der Waals surface area contributed by atoms with Crippen molar-refractivity contribution in [3.05, 3.63) is 102 Å². The molecular formula is C29H25F5N2O. The van der Waals surface area contributed by atoms with Gasteiger partial charge in [-0.1, -0.05) is 42.5 Å². The van der Waals surface area contributed by atoms with Gasteiger partial charge in [-0.15, -0.1) is 0 Å². The molecule has 0 fully saturated rings. The van der Waals surface area contributed by atoms with Crippen molar-refractivity contribution in [2.24, 2.45) is 0 Å². The SMILES string of the molecule is C[C@@H](NCCC1CN(c2cc(F)cc(C(F)(F)F)c2)c2ccc(F)cc2O1)c1cccc2ccccc12. The number of nitrogens with zero attached hydrogens (tertiary/aromatic N) is 1. The molecule has 8 heteroatoms. The van der Waals surface area contributed by atoms with Crippen LogP contribution in [0.2, 0.25) is 0 Å². The lowest BCUT2D eigenvalue weighted by molar-refractivity contribution is -0.137. The zero-order chi connectivity index (χ0) is 26.2. The quantitative estimate of drug-likeness (QED) is 0.267. The highest BCUT2D eigenvalue weighted by atomic mass is 19.4. The smallest absolute Gasteiger partial charge is 0.416 e. The molecule has 0 spiro atoms. The number of benzene rings is 4. The van der Waals surface area contributed by atoms with Crippen LogP contribution in [0.3, 0.4) is 0 Å². The number of alkyl halides is 3. The van der Waals surface area contributed by atoms with Crippen molar-refractivity contribution in [3.8, 4) is 5.75 Å². The number of ether oxygens (including phenoxy) is 1. The molecule has 192 valence electrons. The van der Waals surface area contributed by atoms with Gasteiger partial charge >= 0.3 is 6.18 Å². The van der Waals surface area contributed by atoms with Crippen LogP contribution in [0.5, 0.6) is 5.75 Å². The maximum absolute atomic E-state index is 14.2. The minimum Gasteiger partial charge on any atom is -0.486 e. The molecule has 3 nitrogen and oxygen atoms in total. The Balaban J connectivity index is 1.35. The fourth-order valence-corrected chi connectivity index (χ4v) is 4.81. The standard InChI is InChI=1S/C29H25F5N2O/c1-18(25-8-4-6-19-5-2-3-7-26(19)25)35-12-11-24-17-36(27-10-9-21(30)16-28(27)37-24)23-14-20(29(32,33)34)13-22(31)15-23/h2-10,13-16,18,24,35H,11-12,17H2,1H3/t18-,24?/m1/s1. The minimum atomic E-state index is -4.70. The zero-order valence-electron chi connectivity index (χ0n) is 20.0. The van der Waals surface area contributed by atoms with Crippen LogP contribution >= 0.6 is 0 Å². The van der Waals surface area contributed by atoms with Gasteiger partial charge in [0.1, 0.15) is 23.5 Å². The van der Waals surface area contributed by atoms with Crippen molar-refractivity contribution >= 4 is 22.1 Å². The molecule has 1 unspecified atom stereocenters. The number of anilines is 2. The number of rotatable bonds is 6. The summed E-state index contributed by atoms with van der Waals surface area (Å²) in [5, 5.41) is 5.78. The van der Waals surface area contributed by atoms with E-state index in [1.165, 1.54) is 18.2 Å². The van der Waals surface area contributed by atoms with E-state index in [0.717, 1.165) is 28.5 Å². The monoisotopic (exact) mass is 512 g/mol. The second-order valence-electron chi connectivity index (χ2n) is 9.19. The summed E-state index contributed by atoms with van der Waals surface area (Å²) < 4.78 is 74.2. The molecule has 0 amide bonds. The van der Waals surface area contributed by atoms with Gasteiger partial charge in [-0.05, 0) is 66.6 Å². The summed E-state index contributed by atoms with van der Waals surface area (Å²) in [7, 11) is 0. The Morgan fingerprint density at radius 1 is 0.946 bits per heavy atom. The molecule has 4 aromatic carbocycles. The van der Waals surface area contributed by atoms with Crippen molar-refractivity contribution in [1.29, 1.82) is 0 Å². The normalized spacial score (nSPS) is 16.4. The van der Waals surface area contributed by atoms with Crippen LogP contribution in [0.1, 0.15) is 30.5 Å². The number of fused-ring (bicyclic) bond motifs is 2. The highest BCUT2D eigenvalue weighted by molar-refractivity contribution is 5.86. The van der Waals surface area contributed by atoms with Gasteiger partial charge in [-0.25, -0.2) is 8.78 Å². The molecule has 0 bridgehead atoms. The summed E-state index contributed by atoms with van der Waals surface area (Å²) in [5.74, 6) is -1.32. The van der Waals surface area contributed by atoms with E-state index in [0.29, 0.717) is 24.7 Å². The van der Waals surface area contributed by atoms with Gasteiger partial charge in [-0.3, -0.25) is 0 Å². The van der Waals surface area contributed by atoms with Gasteiger partial charge in [0.05, 0.1) is 17.8 Å². The summed E-state index contributed by atoms with van der Waals surface area (Å²) in [4.78, 5) is 1.55. The molecule has 1 aliphatic heterocycles. The molecule has 0 aromatic heterocycles. The third-order valence-electron chi connectivity index (χ3n) is 6.62. The van der Waals surface area contributed by atoms with Crippen LogP contribution < -0.4 is 15.0 Å². The Bertz CT molecular complexity index is 1420. The topological polar surface area (TPSA) is 24.5 Å². The molecule has 0 saturated heterocycles. The minimum absolute atomic E-state index is 0.0329. The van der Waals surface area contributed by atoms with Crippen LogP contribution in [0, 0.1) is 11.6 Å². The molecule has 37 heavy (non-hydrogen) atoms. The number of halogens is 5. The summed E-state index contributed by atoms with van der Waals surface area (Å²) in [6.07, 6.45) is -4.65. The molecule has 2 atom stereocenters. The highest BCUT2D eigenvalue weighted by Crippen LogP contribution is 2.41. The van der Waals surface area contributed by atoms with Crippen LogP contribution in [0.4, 0.5) is 33.3 Å². The van der Waals surface area contributed by atoms with Gasteiger partial charge in [0.15, 0.2) is 0 Å². The Labute approximate surface area is 211 Å². The van der Waals surface area contributed by atoms with Gasteiger partial charge < -0.3 is 15.0 Å². The van der Waals surface area contributed by atoms with Crippen LogP contribution in [-0.2, 0) is 6.18 Å². The average molecular weight is 513 g/mol. The molecule has 1 N–H and O–H groups in total. The number of nitrogens with one attached hydrogen (secondary N) is 1. The fourth-order valence-electron chi connectivity index (χ4n) is 4.81. The van der Waals surface area contributed by atoms with Crippen molar-refractivity contribution in [2.75, 3.05) is 18.0 Å². The van der Waals surface area contributed by atoms with Crippen LogP contribution in [0.25, 0.3) is 10.8 Å². The summed E-state index contributed by atoms with van der Waals surface area (Å²) in [6, 6.07) is 20.5. The first-order valence-corrected chi connectivity index (χ1v) is 12.0. The van der Waals surface area contributed by atoms with Gasteiger partial charge in [0.2, 0.25) is 0 Å². The lowest BCUT2D eigenvalue weighted by atomic mass is 9.99.